The predicted molar refractivity (Wildman–Crippen MR) is 129 cm³/mol. The number of benzene rings is 1. The molecule has 0 bridgehead atoms. The molecule has 2 aromatic rings. The number of carbonyl (C=O) groups is 1. The zero-order valence-corrected chi connectivity index (χ0v) is 20.0. The van der Waals surface area contributed by atoms with Crippen molar-refractivity contribution < 1.29 is 9.53 Å². The highest BCUT2D eigenvalue weighted by molar-refractivity contribution is 5.74. The van der Waals surface area contributed by atoms with Crippen LogP contribution in [0.4, 0.5) is 10.6 Å². The maximum absolute atomic E-state index is 12.8. The van der Waals surface area contributed by atoms with Crippen LogP contribution in [0.25, 0.3) is 5.69 Å². The van der Waals surface area contributed by atoms with E-state index in [1.807, 2.05) is 36.9 Å². The lowest BCUT2D eigenvalue weighted by Gasteiger charge is -2.36. The van der Waals surface area contributed by atoms with Crippen molar-refractivity contribution in [2.75, 3.05) is 64.4 Å². The quantitative estimate of drug-likeness (QED) is 0.573. The van der Waals surface area contributed by atoms with Crippen LogP contribution < -0.4 is 10.2 Å². The molecule has 8 heteroatoms. The summed E-state index contributed by atoms with van der Waals surface area (Å²) in [7, 11) is 1.69. The first-order valence-electron chi connectivity index (χ1n) is 11.7. The van der Waals surface area contributed by atoms with E-state index in [2.05, 4.69) is 38.9 Å². The second kappa shape index (κ2) is 11.9. The highest BCUT2D eigenvalue weighted by atomic mass is 16.5. The molecule has 1 fully saturated rings. The summed E-state index contributed by atoms with van der Waals surface area (Å²) in [5, 5.41) is 7.89. The van der Waals surface area contributed by atoms with Gasteiger partial charge in [-0.3, -0.25) is 0 Å². The zero-order valence-electron chi connectivity index (χ0n) is 20.0. The van der Waals surface area contributed by atoms with Gasteiger partial charge in [-0.05, 0) is 38.9 Å². The fourth-order valence-corrected chi connectivity index (χ4v) is 4.19. The number of methoxy groups -OCH3 is 1. The molecule has 3 rings (SSSR count). The van der Waals surface area contributed by atoms with Crippen LogP contribution in [0.5, 0.6) is 0 Å². The van der Waals surface area contributed by atoms with Crippen LogP contribution in [0.2, 0.25) is 0 Å². The summed E-state index contributed by atoms with van der Waals surface area (Å²) in [6, 6.07) is 10.2. The van der Waals surface area contributed by atoms with Gasteiger partial charge in [-0.25, -0.2) is 9.48 Å². The Bertz CT molecular complexity index is 846. The topological polar surface area (TPSA) is 65.9 Å². The Hall–Kier alpha value is -2.58. The number of amides is 2. The lowest BCUT2D eigenvalue weighted by molar-refractivity contribution is 0.166. The first kappa shape index (κ1) is 24.1. The fourth-order valence-electron chi connectivity index (χ4n) is 4.19. The van der Waals surface area contributed by atoms with E-state index in [0.717, 1.165) is 61.9 Å². The Balaban J connectivity index is 1.96. The number of hydrogen-bond acceptors (Lipinski definition) is 5. The van der Waals surface area contributed by atoms with Gasteiger partial charge in [0, 0.05) is 58.5 Å². The molecule has 1 aromatic carbocycles. The molecule has 0 unspecified atom stereocenters. The highest BCUT2D eigenvalue weighted by Gasteiger charge is 2.27. The number of hydrogen-bond donors (Lipinski definition) is 1. The number of likely N-dealkylation sites (N-methyl/N-ethyl adjacent to an activating group) is 1. The molecule has 1 saturated heterocycles. The molecule has 32 heavy (non-hydrogen) atoms. The van der Waals surface area contributed by atoms with Gasteiger partial charge in [0.25, 0.3) is 0 Å². The molecule has 0 spiro atoms. The SMILES string of the molecule is CCNC(=O)N(CCCOC)Cc1c(C)nn(-c2ccccc2)c1N1CCN(CC)CC1. The molecule has 1 N–H and O–H groups in total. The molecule has 1 aliphatic rings. The number of aryl methyl sites for hydroxylation is 1. The number of para-hydroxylation sites is 1. The van der Waals surface area contributed by atoms with Crippen LogP contribution in [0.15, 0.2) is 30.3 Å². The summed E-state index contributed by atoms with van der Waals surface area (Å²) in [5.74, 6) is 1.10. The van der Waals surface area contributed by atoms with Crippen LogP contribution in [-0.4, -0.2) is 85.1 Å². The van der Waals surface area contributed by atoms with Crippen LogP contribution >= 0.6 is 0 Å². The van der Waals surface area contributed by atoms with E-state index in [1.54, 1.807) is 7.11 Å². The van der Waals surface area contributed by atoms with Gasteiger partial charge in [0.1, 0.15) is 5.82 Å². The molecule has 0 saturated carbocycles. The number of nitrogens with zero attached hydrogens (tertiary/aromatic N) is 5. The summed E-state index contributed by atoms with van der Waals surface area (Å²) in [4.78, 5) is 19.6. The number of carbonyl (C=O) groups excluding carboxylic acids is 1. The molecule has 176 valence electrons. The fraction of sp³-hybridized carbons (Fsp3) is 0.583. The zero-order chi connectivity index (χ0) is 22.9. The molecule has 2 amide bonds. The van der Waals surface area contributed by atoms with Gasteiger partial charge in [0.05, 0.1) is 17.9 Å². The Morgan fingerprint density at radius 2 is 1.88 bits per heavy atom. The highest BCUT2D eigenvalue weighted by Crippen LogP contribution is 2.29. The molecule has 0 atom stereocenters. The van der Waals surface area contributed by atoms with Crippen molar-refractivity contribution in [1.29, 1.82) is 0 Å². The van der Waals surface area contributed by atoms with Crippen molar-refractivity contribution in [3.05, 3.63) is 41.6 Å². The standard InChI is InChI=1S/C24H38N6O2/c1-5-25-24(31)29(13-10-18-32-4)19-22-20(3)26-30(21-11-8-7-9-12-21)23(22)28-16-14-27(6-2)15-17-28/h7-9,11-12H,5-6,10,13-19H2,1-4H3,(H,25,31). The van der Waals surface area contributed by atoms with E-state index in [0.29, 0.717) is 26.2 Å². The number of piperazine rings is 1. The summed E-state index contributed by atoms with van der Waals surface area (Å²) < 4.78 is 7.27. The predicted octanol–water partition coefficient (Wildman–Crippen LogP) is 2.89. The summed E-state index contributed by atoms with van der Waals surface area (Å²) in [5.41, 5.74) is 3.11. The average molecular weight is 443 g/mol. The molecule has 0 aliphatic carbocycles. The van der Waals surface area contributed by atoms with Gasteiger partial charge in [-0.1, -0.05) is 25.1 Å². The number of rotatable bonds is 10. The Kier molecular flexibility index (Phi) is 8.93. The molecule has 2 heterocycles. The number of urea groups is 1. The maximum Gasteiger partial charge on any atom is 0.317 e. The van der Waals surface area contributed by atoms with Crippen molar-refractivity contribution in [1.82, 2.24) is 24.9 Å². The first-order valence-corrected chi connectivity index (χ1v) is 11.7. The lowest BCUT2D eigenvalue weighted by Crippen LogP contribution is -2.47. The van der Waals surface area contributed by atoms with Crippen molar-refractivity contribution >= 4 is 11.8 Å². The second-order valence-electron chi connectivity index (χ2n) is 8.16. The van der Waals surface area contributed by atoms with E-state index in [9.17, 15) is 4.79 Å². The minimum Gasteiger partial charge on any atom is -0.385 e. The average Bonchev–Trinajstić information content (AvgIpc) is 3.15. The molecule has 1 aromatic heterocycles. The second-order valence-corrected chi connectivity index (χ2v) is 8.16. The van der Waals surface area contributed by atoms with Crippen molar-refractivity contribution in [2.45, 2.75) is 33.7 Å². The van der Waals surface area contributed by atoms with Crippen LogP contribution in [0.1, 0.15) is 31.5 Å². The normalized spacial score (nSPS) is 14.6. The summed E-state index contributed by atoms with van der Waals surface area (Å²) in [6.45, 7) is 13.6. The van der Waals surface area contributed by atoms with Crippen molar-refractivity contribution in [3.8, 4) is 5.69 Å². The van der Waals surface area contributed by atoms with E-state index in [1.165, 1.54) is 0 Å². The Morgan fingerprint density at radius 3 is 2.50 bits per heavy atom. The van der Waals surface area contributed by atoms with Crippen LogP contribution in [0, 0.1) is 6.92 Å². The minimum atomic E-state index is -0.0442. The molecular weight excluding hydrogens is 404 g/mol. The molecule has 0 radical (unpaired) electrons. The Morgan fingerprint density at radius 1 is 1.16 bits per heavy atom. The number of aromatic nitrogens is 2. The van der Waals surface area contributed by atoms with E-state index >= 15 is 0 Å². The van der Waals surface area contributed by atoms with Gasteiger partial charge in [0.2, 0.25) is 0 Å². The van der Waals surface area contributed by atoms with E-state index < -0.39 is 0 Å². The number of anilines is 1. The van der Waals surface area contributed by atoms with Gasteiger partial charge in [0.15, 0.2) is 0 Å². The number of nitrogens with one attached hydrogen (secondary N) is 1. The van der Waals surface area contributed by atoms with Crippen molar-refractivity contribution in [2.24, 2.45) is 0 Å². The van der Waals surface area contributed by atoms with Gasteiger partial charge in [-0.15, -0.1) is 0 Å². The minimum absolute atomic E-state index is 0.0442. The molecule has 1 aliphatic heterocycles. The third kappa shape index (κ3) is 5.81. The third-order valence-electron chi connectivity index (χ3n) is 6.02. The largest absolute Gasteiger partial charge is 0.385 e. The lowest BCUT2D eigenvalue weighted by atomic mass is 10.2. The maximum atomic E-state index is 12.8. The van der Waals surface area contributed by atoms with Gasteiger partial charge >= 0.3 is 6.03 Å². The van der Waals surface area contributed by atoms with Gasteiger partial charge in [-0.2, -0.15) is 5.10 Å². The Labute approximate surface area is 192 Å². The van der Waals surface area contributed by atoms with Crippen LogP contribution in [-0.2, 0) is 11.3 Å². The van der Waals surface area contributed by atoms with E-state index in [-0.39, 0.29) is 6.03 Å². The molecular formula is C24H38N6O2. The number of ether oxygens (including phenoxy) is 1. The third-order valence-corrected chi connectivity index (χ3v) is 6.02. The summed E-state index contributed by atoms with van der Waals surface area (Å²) in [6.07, 6.45) is 0.796. The summed E-state index contributed by atoms with van der Waals surface area (Å²) >= 11 is 0. The monoisotopic (exact) mass is 442 g/mol. The van der Waals surface area contributed by atoms with Crippen molar-refractivity contribution in [3.63, 3.8) is 0 Å². The van der Waals surface area contributed by atoms with Gasteiger partial charge < -0.3 is 24.8 Å². The van der Waals surface area contributed by atoms with E-state index in [4.69, 9.17) is 9.84 Å². The molecule has 8 nitrogen and oxygen atoms in total. The smallest absolute Gasteiger partial charge is 0.317 e. The first-order chi connectivity index (χ1) is 15.6. The van der Waals surface area contributed by atoms with Crippen LogP contribution in [0.3, 0.4) is 0 Å².